The number of ether oxygens (including phenoxy) is 1. The van der Waals surface area contributed by atoms with Crippen LogP contribution in [-0.2, 0) is 0 Å². The van der Waals surface area contributed by atoms with E-state index in [1.807, 2.05) is 0 Å². The minimum atomic E-state index is 0.248. The molecule has 0 spiro atoms. The first kappa shape index (κ1) is 13.4. The fraction of sp³-hybridized carbons (Fsp3) is 0.625. The summed E-state index contributed by atoms with van der Waals surface area (Å²) >= 11 is 0. The van der Waals surface area contributed by atoms with Crippen LogP contribution in [0.1, 0.15) is 45.1 Å². The van der Waals surface area contributed by atoms with Crippen LogP contribution in [0.15, 0.2) is 24.3 Å². The van der Waals surface area contributed by atoms with Crippen molar-refractivity contribution in [1.82, 2.24) is 5.32 Å². The number of hydrogen-bond donors (Lipinski definition) is 1. The van der Waals surface area contributed by atoms with Gasteiger partial charge in [0.05, 0.1) is 6.10 Å². The zero-order valence-electron chi connectivity index (χ0n) is 11.8. The summed E-state index contributed by atoms with van der Waals surface area (Å²) in [5.41, 5.74) is 1.47. The van der Waals surface area contributed by atoms with Crippen LogP contribution in [0.3, 0.4) is 0 Å². The van der Waals surface area contributed by atoms with Gasteiger partial charge in [0.15, 0.2) is 0 Å². The lowest BCUT2D eigenvalue weighted by Gasteiger charge is -2.32. The molecular weight excluding hydrogens is 222 g/mol. The van der Waals surface area contributed by atoms with Gasteiger partial charge in [0, 0.05) is 0 Å². The van der Waals surface area contributed by atoms with Crippen molar-refractivity contribution in [2.75, 3.05) is 13.1 Å². The van der Waals surface area contributed by atoms with E-state index < -0.39 is 0 Å². The van der Waals surface area contributed by atoms with Crippen molar-refractivity contribution in [1.29, 1.82) is 0 Å². The third-order valence-electron chi connectivity index (χ3n) is 3.81. The fourth-order valence-corrected chi connectivity index (χ4v) is 2.86. The predicted octanol–water partition coefficient (Wildman–Crippen LogP) is 3.58. The summed E-state index contributed by atoms with van der Waals surface area (Å²) in [4.78, 5) is 0. The van der Waals surface area contributed by atoms with Crippen LogP contribution in [0.25, 0.3) is 0 Å². The molecule has 0 radical (unpaired) electrons. The Bertz CT molecular complexity index is 358. The lowest BCUT2D eigenvalue weighted by atomic mass is 9.80. The minimum Gasteiger partial charge on any atom is -0.491 e. The van der Waals surface area contributed by atoms with Crippen molar-refractivity contribution in [3.63, 3.8) is 0 Å². The third-order valence-corrected chi connectivity index (χ3v) is 3.81. The molecule has 1 fully saturated rings. The summed E-state index contributed by atoms with van der Waals surface area (Å²) in [6.45, 7) is 8.72. The lowest BCUT2D eigenvalue weighted by Crippen LogP contribution is -2.35. The fourth-order valence-electron chi connectivity index (χ4n) is 2.86. The molecule has 1 heterocycles. The molecular formula is C16H25NO. The Balaban J connectivity index is 2.07. The highest BCUT2D eigenvalue weighted by Crippen LogP contribution is 2.33. The lowest BCUT2D eigenvalue weighted by molar-refractivity contribution is 0.242. The van der Waals surface area contributed by atoms with Crippen molar-refractivity contribution in [3.8, 4) is 5.75 Å². The van der Waals surface area contributed by atoms with Crippen LogP contribution in [0.4, 0.5) is 0 Å². The maximum atomic E-state index is 5.70. The molecule has 1 saturated heterocycles. The Labute approximate surface area is 111 Å². The van der Waals surface area contributed by atoms with E-state index in [0.29, 0.717) is 5.92 Å². The number of hydrogen-bond acceptors (Lipinski definition) is 2. The third kappa shape index (κ3) is 3.26. The Morgan fingerprint density at radius 2 is 2.00 bits per heavy atom. The first-order chi connectivity index (χ1) is 8.70. The molecule has 0 bridgehead atoms. The SMILES string of the molecule is CCC1CNCCC1c1ccc(OC(C)C)cc1. The second-order valence-corrected chi connectivity index (χ2v) is 5.50. The molecule has 2 atom stereocenters. The highest BCUT2D eigenvalue weighted by atomic mass is 16.5. The van der Waals surface area contributed by atoms with E-state index in [0.717, 1.165) is 24.8 Å². The van der Waals surface area contributed by atoms with Crippen molar-refractivity contribution in [2.24, 2.45) is 5.92 Å². The molecule has 2 unspecified atom stereocenters. The molecule has 18 heavy (non-hydrogen) atoms. The van der Waals surface area contributed by atoms with E-state index in [2.05, 4.69) is 50.4 Å². The summed E-state index contributed by atoms with van der Waals surface area (Å²) in [6.07, 6.45) is 2.75. The monoisotopic (exact) mass is 247 g/mol. The van der Waals surface area contributed by atoms with Gasteiger partial charge in [-0.05, 0) is 62.9 Å². The molecule has 0 amide bonds. The van der Waals surface area contributed by atoms with E-state index in [-0.39, 0.29) is 6.10 Å². The van der Waals surface area contributed by atoms with E-state index in [4.69, 9.17) is 4.74 Å². The average molecular weight is 247 g/mol. The van der Waals surface area contributed by atoms with E-state index in [9.17, 15) is 0 Å². The standard InChI is InChI=1S/C16H25NO/c1-4-13-11-17-10-9-16(13)14-5-7-15(8-6-14)18-12(2)3/h5-8,12-13,16-17H,4,9-11H2,1-3H3. The van der Waals surface area contributed by atoms with Crippen molar-refractivity contribution < 1.29 is 4.74 Å². The summed E-state index contributed by atoms with van der Waals surface area (Å²) in [5, 5.41) is 3.50. The van der Waals surface area contributed by atoms with E-state index in [1.165, 1.54) is 18.4 Å². The largest absolute Gasteiger partial charge is 0.491 e. The molecule has 1 aromatic rings. The Hall–Kier alpha value is -1.02. The summed E-state index contributed by atoms with van der Waals surface area (Å²) in [6, 6.07) is 8.72. The molecule has 0 saturated carbocycles. The van der Waals surface area contributed by atoms with Gasteiger partial charge in [0.2, 0.25) is 0 Å². The highest BCUT2D eigenvalue weighted by Gasteiger charge is 2.24. The molecule has 100 valence electrons. The number of benzene rings is 1. The molecule has 1 aliphatic rings. The molecule has 2 nitrogen and oxygen atoms in total. The topological polar surface area (TPSA) is 21.3 Å². The van der Waals surface area contributed by atoms with Gasteiger partial charge in [-0.2, -0.15) is 0 Å². The summed E-state index contributed by atoms with van der Waals surface area (Å²) in [7, 11) is 0. The molecule has 1 aliphatic heterocycles. The second-order valence-electron chi connectivity index (χ2n) is 5.50. The van der Waals surface area contributed by atoms with Gasteiger partial charge in [0.25, 0.3) is 0 Å². The molecule has 0 aliphatic carbocycles. The van der Waals surface area contributed by atoms with Gasteiger partial charge < -0.3 is 10.1 Å². The quantitative estimate of drug-likeness (QED) is 0.878. The molecule has 2 rings (SSSR count). The van der Waals surface area contributed by atoms with E-state index >= 15 is 0 Å². The van der Waals surface area contributed by atoms with E-state index in [1.54, 1.807) is 0 Å². The second kappa shape index (κ2) is 6.24. The van der Waals surface area contributed by atoms with Gasteiger partial charge in [0.1, 0.15) is 5.75 Å². The number of rotatable bonds is 4. The number of piperidine rings is 1. The van der Waals surface area contributed by atoms with Crippen LogP contribution in [0.5, 0.6) is 5.75 Å². The zero-order chi connectivity index (χ0) is 13.0. The van der Waals surface area contributed by atoms with Gasteiger partial charge in [-0.25, -0.2) is 0 Å². The van der Waals surface area contributed by atoms with Gasteiger partial charge in [-0.1, -0.05) is 25.5 Å². The Kier molecular flexibility index (Phi) is 4.65. The van der Waals surface area contributed by atoms with Crippen molar-refractivity contribution in [2.45, 2.75) is 45.6 Å². The first-order valence-electron chi connectivity index (χ1n) is 7.18. The number of nitrogens with one attached hydrogen (secondary N) is 1. The van der Waals surface area contributed by atoms with Crippen LogP contribution in [0, 0.1) is 5.92 Å². The summed E-state index contributed by atoms with van der Waals surface area (Å²) in [5.74, 6) is 2.47. The maximum absolute atomic E-state index is 5.70. The predicted molar refractivity (Wildman–Crippen MR) is 76.2 cm³/mol. The van der Waals surface area contributed by atoms with Crippen LogP contribution < -0.4 is 10.1 Å². The Morgan fingerprint density at radius 3 is 2.61 bits per heavy atom. The minimum absolute atomic E-state index is 0.248. The van der Waals surface area contributed by atoms with Crippen molar-refractivity contribution in [3.05, 3.63) is 29.8 Å². The van der Waals surface area contributed by atoms with Crippen LogP contribution >= 0.6 is 0 Å². The van der Waals surface area contributed by atoms with Crippen LogP contribution in [-0.4, -0.2) is 19.2 Å². The van der Waals surface area contributed by atoms with Gasteiger partial charge in [-0.15, -0.1) is 0 Å². The highest BCUT2D eigenvalue weighted by molar-refractivity contribution is 5.30. The average Bonchev–Trinajstić information content (AvgIpc) is 2.39. The normalized spacial score (nSPS) is 24.2. The maximum Gasteiger partial charge on any atom is 0.119 e. The molecule has 2 heteroatoms. The Morgan fingerprint density at radius 1 is 1.28 bits per heavy atom. The van der Waals surface area contributed by atoms with Crippen LogP contribution in [0.2, 0.25) is 0 Å². The molecule has 1 aromatic carbocycles. The zero-order valence-corrected chi connectivity index (χ0v) is 11.8. The van der Waals surface area contributed by atoms with Crippen molar-refractivity contribution >= 4 is 0 Å². The molecule has 1 N–H and O–H groups in total. The first-order valence-corrected chi connectivity index (χ1v) is 7.18. The summed E-state index contributed by atoms with van der Waals surface area (Å²) < 4.78 is 5.70. The smallest absolute Gasteiger partial charge is 0.119 e. The molecule has 0 aromatic heterocycles. The van der Waals surface area contributed by atoms with Gasteiger partial charge >= 0.3 is 0 Å². The van der Waals surface area contributed by atoms with Gasteiger partial charge in [-0.3, -0.25) is 0 Å².